The van der Waals surface area contributed by atoms with Gasteiger partial charge in [-0.25, -0.2) is 4.98 Å². The smallest absolute Gasteiger partial charge is 0.159 e. The SMILES string of the molecule is C=C/C=C(/c1ccccn1)c1nc(-c2n[nH]/c(=C/C=C(\C)c3cncc(CC)c3)c2=C)[nH]c1C.CC. The number of allylic oxidation sites excluding steroid dienone is 4. The molecule has 184 valence electrons. The van der Waals surface area contributed by atoms with Crippen LogP contribution in [0.15, 0.2) is 67.7 Å². The van der Waals surface area contributed by atoms with Crippen LogP contribution in [0, 0.1) is 6.92 Å². The Labute approximate surface area is 213 Å². The number of aryl methyl sites for hydroxylation is 2. The molecule has 2 N–H and O–H groups in total. The fourth-order valence-electron chi connectivity index (χ4n) is 3.67. The fraction of sp³-hybridized carbons (Fsp3) is 0.200. The minimum atomic E-state index is 0.653. The van der Waals surface area contributed by atoms with Crippen molar-refractivity contribution >= 4 is 23.8 Å². The van der Waals surface area contributed by atoms with Crippen molar-refractivity contribution in [1.29, 1.82) is 0 Å². The summed E-state index contributed by atoms with van der Waals surface area (Å²) in [6, 6.07) is 7.97. The highest BCUT2D eigenvalue weighted by Gasteiger charge is 2.16. The van der Waals surface area contributed by atoms with Crippen LogP contribution in [0.3, 0.4) is 0 Å². The summed E-state index contributed by atoms with van der Waals surface area (Å²) in [6.45, 7) is 18.3. The lowest BCUT2D eigenvalue weighted by molar-refractivity contribution is 1.05. The van der Waals surface area contributed by atoms with Crippen LogP contribution in [0.1, 0.15) is 55.9 Å². The minimum Gasteiger partial charge on any atom is -0.340 e. The maximum absolute atomic E-state index is 4.84. The zero-order valence-corrected chi connectivity index (χ0v) is 21.8. The summed E-state index contributed by atoms with van der Waals surface area (Å²) < 4.78 is 0. The Bertz CT molecular complexity index is 1490. The van der Waals surface area contributed by atoms with Gasteiger partial charge in [0.2, 0.25) is 0 Å². The summed E-state index contributed by atoms with van der Waals surface area (Å²) in [5, 5.41) is 9.18. The predicted molar refractivity (Wildman–Crippen MR) is 150 cm³/mol. The molecule has 0 aromatic carbocycles. The Hall–Kier alpha value is -4.32. The van der Waals surface area contributed by atoms with Crippen molar-refractivity contribution in [2.45, 2.75) is 41.0 Å². The molecule has 0 aliphatic heterocycles. The van der Waals surface area contributed by atoms with E-state index in [4.69, 9.17) is 4.98 Å². The molecule has 4 aromatic heterocycles. The van der Waals surface area contributed by atoms with Crippen molar-refractivity contribution in [3.8, 4) is 11.5 Å². The van der Waals surface area contributed by atoms with Crippen LogP contribution in [0.25, 0.3) is 35.3 Å². The molecule has 6 nitrogen and oxygen atoms in total. The lowest BCUT2D eigenvalue weighted by Crippen LogP contribution is -2.21. The van der Waals surface area contributed by atoms with Crippen LogP contribution >= 0.6 is 0 Å². The first kappa shape index (κ1) is 26.3. The summed E-state index contributed by atoms with van der Waals surface area (Å²) in [4.78, 5) is 17.0. The lowest BCUT2D eigenvalue weighted by Gasteiger charge is -2.04. The van der Waals surface area contributed by atoms with Crippen molar-refractivity contribution in [1.82, 2.24) is 30.1 Å². The Morgan fingerprint density at radius 2 is 1.94 bits per heavy atom. The van der Waals surface area contributed by atoms with E-state index in [2.05, 4.69) is 58.2 Å². The Morgan fingerprint density at radius 3 is 2.64 bits per heavy atom. The van der Waals surface area contributed by atoms with Crippen LogP contribution in [0.4, 0.5) is 0 Å². The number of rotatable bonds is 7. The molecule has 6 heteroatoms. The molecule has 0 spiro atoms. The number of nitrogens with one attached hydrogen (secondary N) is 2. The number of imidazole rings is 1. The summed E-state index contributed by atoms with van der Waals surface area (Å²) >= 11 is 0. The standard InChI is InChI=1S/C28H28N6.C2H6/c1-6-10-23(25-11-8-9-14-30-25)27-20(5)31-28(32-27)26-19(4)24(33-34-26)13-12-18(3)22-15-21(7-2)16-29-17-22;1-2/h6,8-17,33H,1,4,7H2,2-3,5H3,(H,31,32);1-2H3/b18-12+,23-10-,24-13+;. The molecular weight excluding hydrogens is 444 g/mol. The zero-order chi connectivity index (χ0) is 26.1. The van der Waals surface area contributed by atoms with Gasteiger partial charge in [0.25, 0.3) is 0 Å². The summed E-state index contributed by atoms with van der Waals surface area (Å²) in [6.07, 6.45) is 14.2. The van der Waals surface area contributed by atoms with Gasteiger partial charge >= 0.3 is 0 Å². The lowest BCUT2D eigenvalue weighted by atomic mass is 10.1. The second-order valence-corrected chi connectivity index (χ2v) is 8.01. The fourth-order valence-corrected chi connectivity index (χ4v) is 3.67. The molecular formula is C30H34N6. The van der Waals surface area contributed by atoms with Crippen molar-refractivity contribution in [2.75, 3.05) is 0 Å². The second-order valence-electron chi connectivity index (χ2n) is 8.01. The molecule has 0 saturated heterocycles. The van der Waals surface area contributed by atoms with Gasteiger partial charge < -0.3 is 4.98 Å². The molecule has 0 unspecified atom stereocenters. The summed E-state index contributed by atoms with van der Waals surface area (Å²) in [5.74, 6) is 0.653. The van der Waals surface area contributed by atoms with E-state index in [0.29, 0.717) is 11.5 Å². The highest BCUT2D eigenvalue weighted by molar-refractivity contribution is 5.79. The van der Waals surface area contributed by atoms with Gasteiger partial charge in [0, 0.05) is 35.1 Å². The Balaban J connectivity index is 0.00000176. The number of hydrogen-bond donors (Lipinski definition) is 2. The quantitative estimate of drug-likeness (QED) is 0.349. The van der Waals surface area contributed by atoms with E-state index >= 15 is 0 Å². The van der Waals surface area contributed by atoms with E-state index in [0.717, 1.165) is 50.8 Å². The summed E-state index contributed by atoms with van der Waals surface area (Å²) in [7, 11) is 0. The third-order valence-corrected chi connectivity index (χ3v) is 5.65. The second kappa shape index (κ2) is 12.4. The van der Waals surface area contributed by atoms with E-state index < -0.39 is 0 Å². The van der Waals surface area contributed by atoms with E-state index in [1.54, 1.807) is 12.3 Å². The van der Waals surface area contributed by atoms with Gasteiger partial charge in [-0.05, 0) is 61.2 Å². The number of H-pyrrole nitrogens is 2. The average Bonchev–Trinajstić information content (AvgIpc) is 3.49. The van der Waals surface area contributed by atoms with Crippen molar-refractivity contribution in [2.24, 2.45) is 0 Å². The van der Waals surface area contributed by atoms with E-state index in [1.807, 2.05) is 69.6 Å². The molecule has 0 saturated carbocycles. The zero-order valence-electron chi connectivity index (χ0n) is 21.8. The number of aromatic amines is 2. The average molecular weight is 479 g/mol. The molecule has 4 heterocycles. The van der Waals surface area contributed by atoms with Gasteiger partial charge in [-0.3, -0.25) is 15.1 Å². The topological polar surface area (TPSA) is 83.1 Å². The van der Waals surface area contributed by atoms with Gasteiger partial charge in [0.15, 0.2) is 5.82 Å². The Kier molecular flexibility index (Phi) is 9.06. The molecule has 36 heavy (non-hydrogen) atoms. The van der Waals surface area contributed by atoms with Gasteiger partial charge in [-0.1, -0.05) is 58.2 Å². The monoisotopic (exact) mass is 478 g/mol. The van der Waals surface area contributed by atoms with E-state index in [-0.39, 0.29) is 0 Å². The summed E-state index contributed by atoms with van der Waals surface area (Å²) in [5.41, 5.74) is 7.56. The molecule has 0 atom stereocenters. The number of aromatic nitrogens is 6. The first-order valence-corrected chi connectivity index (χ1v) is 12.2. The van der Waals surface area contributed by atoms with Crippen LogP contribution in [0.2, 0.25) is 0 Å². The maximum atomic E-state index is 4.84. The molecule has 0 amide bonds. The predicted octanol–water partition coefficient (Wildman–Crippen LogP) is 5.40. The largest absolute Gasteiger partial charge is 0.340 e. The Morgan fingerprint density at radius 1 is 1.14 bits per heavy atom. The van der Waals surface area contributed by atoms with Crippen LogP contribution < -0.4 is 10.6 Å². The van der Waals surface area contributed by atoms with Crippen LogP contribution in [-0.2, 0) is 6.42 Å². The molecule has 0 fully saturated rings. The van der Waals surface area contributed by atoms with Gasteiger partial charge in [-0.15, -0.1) is 0 Å². The van der Waals surface area contributed by atoms with Gasteiger partial charge in [0.1, 0.15) is 5.69 Å². The maximum Gasteiger partial charge on any atom is 0.159 e. The van der Waals surface area contributed by atoms with Crippen molar-refractivity contribution in [3.05, 3.63) is 106 Å². The van der Waals surface area contributed by atoms with Gasteiger partial charge in [-0.2, -0.15) is 5.10 Å². The van der Waals surface area contributed by atoms with Crippen LogP contribution in [0.5, 0.6) is 0 Å². The highest BCUT2D eigenvalue weighted by Crippen LogP contribution is 2.25. The van der Waals surface area contributed by atoms with Crippen molar-refractivity contribution in [3.63, 3.8) is 0 Å². The molecule has 0 bridgehead atoms. The molecule has 0 aliphatic rings. The minimum absolute atomic E-state index is 0.653. The first-order chi connectivity index (χ1) is 17.5. The van der Waals surface area contributed by atoms with Crippen LogP contribution in [-0.4, -0.2) is 30.1 Å². The molecule has 4 aromatic rings. The normalized spacial score (nSPS) is 12.3. The number of hydrogen-bond acceptors (Lipinski definition) is 4. The number of nitrogens with zero attached hydrogens (tertiary/aromatic N) is 4. The van der Waals surface area contributed by atoms with E-state index in [9.17, 15) is 0 Å². The third-order valence-electron chi connectivity index (χ3n) is 5.65. The first-order valence-electron chi connectivity index (χ1n) is 12.2. The highest BCUT2D eigenvalue weighted by atomic mass is 15.1. The van der Waals surface area contributed by atoms with Crippen molar-refractivity contribution < 1.29 is 0 Å². The number of pyridine rings is 2. The van der Waals surface area contributed by atoms with E-state index in [1.165, 1.54) is 5.56 Å². The molecule has 4 rings (SSSR count). The molecule has 0 radical (unpaired) electrons. The third kappa shape index (κ3) is 5.84. The van der Waals surface area contributed by atoms with Gasteiger partial charge in [0.05, 0.1) is 16.7 Å². The molecule has 0 aliphatic carbocycles.